The molecule has 3 nitrogen and oxygen atoms in total. The Balaban J connectivity index is 2.06. The Morgan fingerprint density at radius 1 is 1.29 bits per heavy atom. The van der Waals surface area contributed by atoms with E-state index in [1.165, 1.54) is 32.1 Å². The van der Waals surface area contributed by atoms with Crippen LogP contribution in [0.2, 0.25) is 0 Å². The highest BCUT2D eigenvalue weighted by Gasteiger charge is 2.13. The summed E-state index contributed by atoms with van der Waals surface area (Å²) < 4.78 is 11.5. The molecule has 0 aliphatic heterocycles. The summed E-state index contributed by atoms with van der Waals surface area (Å²) in [7, 11) is -1.86. The van der Waals surface area contributed by atoms with Gasteiger partial charge in [-0.15, -0.1) is 0 Å². The zero-order valence-electron chi connectivity index (χ0n) is 11.0. The standard InChI is InChI=1S/C12H25N2OPS/c1-16(2,15)10-6-9-13-12(17)14-11-7-4-3-5-8-11/h11H,3-10H2,1-2H3,(H2,13,14,17). The fraction of sp³-hybridized carbons (Fsp3) is 0.917. The molecule has 1 fully saturated rings. The summed E-state index contributed by atoms with van der Waals surface area (Å²) in [5.74, 6) is 0. The van der Waals surface area contributed by atoms with Crippen LogP contribution in [-0.2, 0) is 4.57 Å². The average molecular weight is 276 g/mol. The first-order chi connectivity index (χ1) is 7.97. The van der Waals surface area contributed by atoms with Crippen molar-refractivity contribution in [1.29, 1.82) is 0 Å². The summed E-state index contributed by atoms with van der Waals surface area (Å²) in [6, 6.07) is 0.562. The van der Waals surface area contributed by atoms with Crippen LogP contribution in [-0.4, -0.2) is 37.2 Å². The zero-order valence-corrected chi connectivity index (χ0v) is 12.7. The fourth-order valence-corrected chi connectivity index (χ4v) is 3.33. The van der Waals surface area contributed by atoms with E-state index in [4.69, 9.17) is 12.2 Å². The lowest BCUT2D eigenvalue weighted by Gasteiger charge is -2.24. The van der Waals surface area contributed by atoms with Crippen molar-refractivity contribution >= 4 is 24.5 Å². The van der Waals surface area contributed by atoms with Crippen LogP contribution in [0.25, 0.3) is 0 Å². The van der Waals surface area contributed by atoms with Gasteiger partial charge in [-0.2, -0.15) is 0 Å². The summed E-state index contributed by atoms with van der Waals surface area (Å²) in [4.78, 5) is 0. The highest BCUT2D eigenvalue weighted by Crippen LogP contribution is 2.35. The summed E-state index contributed by atoms with van der Waals surface area (Å²) in [6.07, 6.45) is 8.19. The first kappa shape index (κ1) is 15.0. The molecule has 0 aromatic heterocycles. The highest BCUT2D eigenvalue weighted by molar-refractivity contribution is 7.80. The molecular formula is C12H25N2OPS. The maximum Gasteiger partial charge on any atom is 0.166 e. The molecule has 0 aromatic rings. The first-order valence-corrected chi connectivity index (χ1v) is 9.75. The lowest BCUT2D eigenvalue weighted by atomic mass is 9.96. The van der Waals surface area contributed by atoms with Gasteiger partial charge in [0.15, 0.2) is 5.11 Å². The van der Waals surface area contributed by atoms with Gasteiger partial charge in [0, 0.05) is 18.7 Å². The molecule has 1 aliphatic carbocycles. The zero-order chi connectivity index (χ0) is 12.7. The van der Waals surface area contributed by atoms with Gasteiger partial charge in [-0.1, -0.05) is 19.3 Å². The van der Waals surface area contributed by atoms with Gasteiger partial charge in [0.05, 0.1) is 7.14 Å². The third-order valence-electron chi connectivity index (χ3n) is 3.10. The van der Waals surface area contributed by atoms with Gasteiger partial charge < -0.3 is 15.2 Å². The second-order valence-electron chi connectivity index (χ2n) is 5.39. The predicted molar refractivity (Wildman–Crippen MR) is 79.5 cm³/mol. The summed E-state index contributed by atoms with van der Waals surface area (Å²) in [5.41, 5.74) is 0. The molecule has 0 bridgehead atoms. The number of thiocarbonyl (C=S) groups is 1. The van der Waals surface area contributed by atoms with E-state index in [1.807, 2.05) is 13.3 Å². The summed E-state index contributed by atoms with van der Waals surface area (Å²) in [6.45, 7) is 4.50. The molecule has 0 aromatic carbocycles. The van der Waals surface area contributed by atoms with Crippen molar-refractivity contribution in [1.82, 2.24) is 10.6 Å². The molecule has 0 spiro atoms. The van der Waals surface area contributed by atoms with Gasteiger partial charge in [-0.3, -0.25) is 0 Å². The Morgan fingerprint density at radius 3 is 2.53 bits per heavy atom. The Morgan fingerprint density at radius 2 is 1.94 bits per heavy atom. The largest absolute Gasteiger partial charge is 0.363 e. The van der Waals surface area contributed by atoms with Crippen molar-refractivity contribution < 1.29 is 4.57 Å². The van der Waals surface area contributed by atoms with Crippen LogP contribution in [0, 0.1) is 0 Å². The predicted octanol–water partition coefficient (Wildman–Crippen LogP) is 2.80. The van der Waals surface area contributed by atoms with Crippen molar-refractivity contribution in [2.75, 3.05) is 26.0 Å². The second-order valence-corrected chi connectivity index (χ2v) is 9.39. The molecule has 0 saturated heterocycles. The van der Waals surface area contributed by atoms with E-state index in [1.54, 1.807) is 0 Å². The number of hydrogen-bond donors (Lipinski definition) is 2. The molecule has 5 heteroatoms. The Labute approximate surface area is 110 Å². The average Bonchev–Trinajstić information content (AvgIpc) is 2.25. The quantitative estimate of drug-likeness (QED) is 0.460. The van der Waals surface area contributed by atoms with Gasteiger partial charge >= 0.3 is 0 Å². The van der Waals surface area contributed by atoms with E-state index in [0.717, 1.165) is 24.2 Å². The molecule has 1 saturated carbocycles. The third-order valence-corrected chi connectivity index (χ3v) is 4.75. The van der Waals surface area contributed by atoms with Crippen LogP contribution in [0.3, 0.4) is 0 Å². The number of hydrogen-bond acceptors (Lipinski definition) is 2. The van der Waals surface area contributed by atoms with Gasteiger partial charge in [0.1, 0.15) is 0 Å². The minimum absolute atomic E-state index is 0.562. The fourth-order valence-electron chi connectivity index (χ4n) is 2.15. The molecule has 0 heterocycles. The number of nitrogens with one attached hydrogen (secondary N) is 2. The van der Waals surface area contributed by atoms with Crippen LogP contribution in [0.1, 0.15) is 38.5 Å². The molecule has 1 rings (SSSR count). The van der Waals surface area contributed by atoms with Crippen molar-refractivity contribution in [2.45, 2.75) is 44.6 Å². The van der Waals surface area contributed by atoms with Crippen LogP contribution in [0.5, 0.6) is 0 Å². The lowest BCUT2D eigenvalue weighted by Crippen LogP contribution is -2.43. The molecule has 2 N–H and O–H groups in total. The van der Waals surface area contributed by atoms with E-state index in [0.29, 0.717) is 6.04 Å². The SMILES string of the molecule is CP(C)(=O)CCCNC(=S)NC1CCCCC1. The second kappa shape index (κ2) is 7.38. The topological polar surface area (TPSA) is 41.1 Å². The Bertz CT molecular complexity index is 284. The smallest absolute Gasteiger partial charge is 0.166 e. The maximum absolute atomic E-state index is 11.5. The summed E-state index contributed by atoms with van der Waals surface area (Å²) >= 11 is 5.25. The first-order valence-electron chi connectivity index (χ1n) is 6.56. The van der Waals surface area contributed by atoms with Gasteiger partial charge in [-0.25, -0.2) is 0 Å². The molecule has 17 heavy (non-hydrogen) atoms. The minimum atomic E-state index is -1.86. The van der Waals surface area contributed by atoms with Gasteiger partial charge in [0.2, 0.25) is 0 Å². The van der Waals surface area contributed by atoms with E-state index in [-0.39, 0.29) is 0 Å². The Hall–Kier alpha value is -0.0800. The van der Waals surface area contributed by atoms with Crippen LogP contribution >= 0.6 is 19.4 Å². The van der Waals surface area contributed by atoms with Crippen LogP contribution < -0.4 is 10.6 Å². The van der Waals surface area contributed by atoms with Crippen LogP contribution in [0.4, 0.5) is 0 Å². The van der Waals surface area contributed by atoms with E-state index in [9.17, 15) is 4.57 Å². The van der Waals surface area contributed by atoms with E-state index in [2.05, 4.69) is 10.6 Å². The third kappa shape index (κ3) is 7.77. The summed E-state index contributed by atoms with van der Waals surface area (Å²) in [5, 5.41) is 7.33. The molecule has 100 valence electrons. The monoisotopic (exact) mass is 276 g/mol. The molecule has 1 aliphatic rings. The number of rotatable bonds is 5. The molecule has 0 radical (unpaired) electrons. The van der Waals surface area contributed by atoms with Crippen molar-refractivity contribution in [3.63, 3.8) is 0 Å². The minimum Gasteiger partial charge on any atom is -0.363 e. The van der Waals surface area contributed by atoms with E-state index < -0.39 is 7.14 Å². The molecule has 0 amide bonds. The van der Waals surface area contributed by atoms with Crippen molar-refractivity contribution in [2.24, 2.45) is 0 Å². The van der Waals surface area contributed by atoms with Crippen molar-refractivity contribution in [3.8, 4) is 0 Å². The molecular weight excluding hydrogens is 251 g/mol. The van der Waals surface area contributed by atoms with Crippen molar-refractivity contribution in [3.05, 3.63) is 0 Å². The van der Waals surface area contributed by atoms with Crippen LogP contribution in [0.15, 0.2) is 0 Å². The Kier molecular flexibility index (Phi) is 6.50. The molecule has 0 atom stereocenters. The van der Waals surface area contributed by atoms with Gasteiger partial charge in [0.25, 0.3) is 0 Å². The lowest BCUT2D eigenvalue weighted by molar-refractivity contribution is 0.412. The van der Waals surface area contributed by atoms with Gasteiger partial charge in [-0.05, 0) is 44.8 Å². The van der Waals surface area contributed by atoms with E-state index >= 15 is 0 Å². The normalized spacial score (nSPS) is 17.8. The maximum atomic E-state index is 11.5. The molecule has 0 unspecified atom stereocenters. The highest BCUT2D eigenvalue weighted by atomic mass is 32.1.